The van der Waals surface area contributed by atoms with E-state index in [1.807, 2.05) is 0 Å². The molecule has 0 aliphatic heterocycles. The minimum atomic E-state index is -4.47. The maximum absolute atomic E-state index is 12.4. The number of benzene rings is 1. The third-order valence-corrected chi connectivity index (χ3v) is 3.03. The van der Waals surface area contributed by atoms with Gasteiger partial charge < -0.3 is 0 Å². The SMILES string of the molecule is C[S@](=O)c1ccc(Br)cc1C(F)(F)F. The van der Waals surface area contributed by atoms with Gasteiger partial charge in [-0.3, -0.25) is 4.21 Å². The zero-order chi connectivity index (χ0) is 10.9. The molecule has 1 atom stereocenters. The Morgan fingerprint density at radius 2 is 1.93 bits per heavy atom. The van der Waals surface area contributed by atoms with Crippen molar-refractivity contribution in [2.24, 2.45) is 0 Å². The van der Waals surface area contributed by atoms with Crippen LogP contribution in [0.15, 0.2) is 27.6 Å². The fourth-order valence-electron chi connectivity index (χ4n) is 0.974. The van der Waals surface area contributed by atoms with Gasteiger partial charge in [0.2, 0.25) is 0 Å². The molecule has 1 aromatic rings. The van der Waals surface area contributed by atoms with Gasteiger partial charge >= 0.3 is 6.18 Å². The Bertz CT molecular complexity index is 375. The Morgan fingerprint density at radius 1 is 1.36 bits per heavy atom. The first-order valence-corrected chi connectivity index (χ1v) is 5.87. The topological polar surface area (TPSA) is 17.1 Å². The zero-order valence-electron chi connectivity index (χ0n) is 7.06. The molecule has 0 heterocycles. The van der Waals surface area contributed by atoms with Crippen LogP contribution in [0.5, 0.6) is 0 Å². The lowest BCUT2D eigenvalue weighted by Gasteiger charge is -2.11. The van der Waals surface area contributed by atoms with Crippen LogP contribution in [0.1, 0.15) is 5.56 Å². The molecule has 6 heteroatoms. The van der Waals surface area contributed by atoms with Crippen molar-refractivity contribution in [3.63, 3.8) is 0 Å². The fraction of sp³-hybridized carbons (Fsp3) is 0.250. The molecule has 1 rings (SSSR count). The summed E-state index contributed by atoms with van der Waals surface area (Å²) in [6.07, 6.45) is -3.25. The van der Waals surface area contributed by atoms with E-state index in [1.54, 1.807) is 0 Å². The molecule has 0 amide bonds. The van der Waals surface area contributed by atoms with Crippen LogP contribution in [0.3, 0.4) is 0 Å². The molecule has 0 unspecified atom stereocenters. The van der Waals surface area contributed by atoms with E-state index < -0.39 is 22.5 Å². The molecular weight excluding hydrogens is 281 g/mol. The molecule has 0 bridgehead atoms. The van der Waals surface area contributed by atoms with Crippen molar-refractivity contribution >= 4 is 26.7 Å². The van der Waals surface area contributed by atoms with Gasteiger partial charge in [-0.25, -0.2) is 0 Å². The first-order valence-electron chi connectivity index (χ1n) is 3.52. The summed E-state index contributed by atoms with van der Waals surface area (Å²) < 4.78 is 48.6. The maximum Gasteiger partial charge on any atom is 0.417 e. The first-order chi connectivity index (χ1) is 6.32. The first kappa shape index (κ1) is 11.7. The molecule has 0 radical (unpaired) electrons. The Morgan fingerprint density at radius 3 is 2.36 bits per heavy atom. The third kappa shape index (κ3) is 2.57. The van der Waals surface area contributed by atoms with Crippen molar-refractivity contribution in [2.45, 2.75) is 11.1 Å². The summed E-state index contributed by atoms with van der Waals surface area (Å²) in [7, 11) is -1.64. The van der Waals surface area contributed by atoms with E-state index in [4.69, 9.17) is 0 Å². The smallest absolute Gasteiger partial charge is 0.255 e. The molecular formula is C8H6BrF3OS. The highest BCUT2D eigenvalue weighted by Gasteiger charge is 2.34. The number of halogens is 4. The molecule has 0 aromatic heterocycles. The Kier molecular flexibility index (Phi) is 3.36. The van der Waals surface area contributed by atoms with E-state index in [2.05, 4.69) is 15.9 Å². The molecule has 0 N–H and O–H groups in total. The lowest BCUT2D eigenvalue weighted by atomic mass is 10.2. The monoisotopic (exact) mass is 286 g/mol. The summed E-state index contributed by atoms with van der Waals surface area (Å²) in [5.41, 5.74) is -0.854. The quantitative estimate of drug-likeness (QED) is 0.775. The summed E-state index contributed by atoms with van der Waals surface area (Å²) in [5.74, 6) is 0. The average molecular weight is 287 g/mol. The second-order valence-corrected chi connectivity index (χ2v) is 4.86. The predicted molar refractivity (Wildman–Crippen MR) is 51.5 cm³/mol. The Hall–Kier alpha value is -0.360. The fourth-order valence-corrected chi connectivity index (χ4v) is 2.08. The van der Waals surface area contributed by atoms with Crippen LogP contribution in [0, 0.1) is 0 Å². The highest BCUT2D eigenvalue weighted by Crippen LogP contribution is 2.34. The lowest BCUT2D eigenvalue weighted by molar-refractivity contribution is -0.139. The lowest BCUT2D eigenvalue weighted by Crippen LogP contribution is -2.09. The average Bonchev–Trinajstić information content (AvgIpc) is 2.01. The molecule has 14 heavy (non-hydrogen) atoms. The summed E-state index contributed by atoms with van der Waals surface area (Å²) in [6.45, 7) is 0. The van der Waals surface area contributed by atoms with Crippen molar-refractivity contribution in [2.75, 3.05) is 6.26 Å². The molecule has 0 aliphatic rings. The standard InChI is InChI=1S/C8H6BrF3OS/c1-14(13)7-3-2-5(9)4-6(7)8(10,11)12/h2-4H,1H3/t14-/m0/s1. The van der Waals surface area contributed by atoms with Gasteiger partial charge in [0.1, 0.15) is 0 Å². The van der Waals surface area contributed by atoms with Crippen molar-refractivity contribution in [3.05, 3.63) is 28.2 Å². The van der Waals surface area contributed by atoms with Gasteiger partial charge in [-0.05, 0) is 18.2 Å². The van der Waals surface area contributed by atoms with Gasteiger partial charge in [-0.2, -0.15) is 13.2 Å². The third-order valence-electron chi connectivity index (χ3n) is 1.56. The minimum Gasteiger partial charge on any atom is -0.255 e. The molecule has 0 saturated carbocycles. The van der Waals surface area contributed by atoms with Crippen molar-refractivity contribution in [1.29, 1.82) is 0 Å². The van der Waals surface area contributed by atoms with Gasteiger partial charge in [0.25, 0.3) is 0 Å². The highest BCUT2D eigenvalue weighted by atomic mass is 79.9. The van der Waals surface area contributed by atoms with Gasteiger partial charge in [0.05, 0.1) is 21.3 Å². The maximum atomic E-state index is 12.4. The van der Waals surface area contributed by atoms with Crippen molar-refractivity contribution < 1.29 is 17.4 Å². The van der Waals surface area contributed by atoms with Gasteiger partial charge in [-0.1, -0.05) is 15.9 Å². The number of rotatable bonds is 1. The van der Waals surface area contributed by atoms with E-state index in [0.717, 1.165) is 6.07 Å². The molecule has 1 aromatic carbocycles. The number of hydrogen-bond donors (Lipinski definition) is 0. The van der Waals surface area contributed by atoms with Crippen LogP contribution in [-0.4, -0.2) is 10.5 Å². The van der Waals surface area contributed by atoms with Crippen LogP contribution in [0.4, 0.5) is 13.2 Å². The van der Waals surface area contributed by atoms with Crippen molar-refractivity contribution in [3.8, 4) is 0 Å². The molecule has 0 aliphatic carbocycles. The van der Waals surface area contributed by atoms with Gasteiger partial charge in [-0.15, -0.1) is 0 Å². The number of hydrogen-bond acceptors (Lipinski definition) is 1. The van der Waals surface area contributed by atoms with E-state index >= 15 is 0 Å². The highest BCUT2D eigenvalue weighted by molar-refractivity contribution is 9.10. The van der Waals surface area contributed by atoms with E-state index in [-0.39, 0.29) is 4.90 Å². The molecule has 0 fully saturated rings. The van der Waals surface area contributed by atoms with Crippen LogP contribution >= 0.6 is 15.9 Å². The largest absolute Gasteiger partial charge is 0.417 e. The molecule has 78 valence electrons. The summed E-state index contributed by atoms with van der Waals surface area (Å²) >= 11 is 2.94. The zero-order valence-corrected chi connectivity index (χ0v) is 9.46. The van der Waals surface area contributed by atoms with Crippen LogP contribution < -0.4 is 0 Å². The molecule has 0 saturated heterocycles. The molecule has 1 nitrogen and oxygen atoms in total. The second kappa shape index (κ2) is 4.02. The summed E-state index contributed by atoms with van der Waals surface area (Å²) in [5, 5.41) is 0. The summed E-state index contributed by atoms with van der Waals surface area (Å²) in [6, 6.07) is 3.58. The normalized spacial score (nSPS) is 14.1. The van der Waals surface area contributed by atoms with Crippen molar-refractivity contribution in [1.82, 2.24) is 0 Å². The van der Waals surface area contributed by atoms with E-state index in [0.29, 0.717) is 4.47 Å². The van der Waals surface area contributed by atoms with Gasteiger partial charge in [0.15, 0.2) is 0 Å². The van der Waals surface area contributed by atoms with Gasteiger partial charge in [0, 0.05) is 10.7 Å². The van der Waals surface area contributed by atoms with Crippen LogP contribution in [-0.2, 0) is 17.0 Å². The Balaban J connectivity index is 3.38. The van der Waals surface area contributed by atoms with E-state index in [1.165, 1.54) is 18.4 Å². The Labute approximate surface area is 89.9 Å². The summed E-state index contributed by atoms with van der Waals surface area (Å²) in [4.78, 5) is -0.194. The number of alkyl halides is 3. The minimum absolute atomic E-state index is 0.194. The van der Waals surface area contributed by atoms with Crippen LogP contribution in [0.25, 0.3) is 0 Å². The molecule has 0 spiro atoms. The second-order valence-electron chi connectivity index (χ2n) is 2.59. The predicted octanol–water partition coefficient (Wildman–Crippen LogP) is 3.21. The van der Waals surface area contributed by atoms with E-state index in [9.17, 15) is 17.4 Å². The van der Waals surface area contributed by atoms with Crippen LogP contribution in [0.2, 0.25) is 0 Å².